The highest BCUT2D eigenvalue weighted by Gasteiger charge is 2.64. The molecule has 1 aromatic rings. The van der Waals surface area contributed by atoms with E-state index >= 15 is 0 Å². The zero-order chi connectivity index (χ0) is 15.9. The summed E-state index contributed by atoms with van der Waals surface area (Å²) in [4.78, 5) is 0. The minimum absolute atomic E-state index is 0.435. The minimum Gasteiger partial charge on any atom is -0.497 e. The molecule has 2 aliphatic carbocycles. The van der Waals surface area contributed by atoms with Crippen molar-refractivity contribution in [3.05, 3.63) is 28.8 Å². The van der Waals surface area contributed by atoms with Crippen LogP contribution in [0.25, 0.3) is 0 Å². The van der Waals surface area contributed by atoms with Gasteiger partial charge in [-0.1, -0.05) is 30.5 Å². The molecule has 0 bridgehead atoms. The van der Waals surface area contributed by atoms with Crippen LogP contribution in [0, 0.1) is 11.3 Å². The molecule has 1 aliphatic heterocycles. The van der Waals surface area contributed by atoms with Crippen LogP contribution >= 0.6 is 11.6 Å². The Morgan fingerprint density at radius 3 is 2.91 bits per heavy atom. The SMILES string of the molecule is COc1ccc(CCNC2C3CCOC3C23CCCC3)c(Cl)c1. The number of hydrogen-bond donors (Lipinski definition) is 1. The van der Waals surface area contributed by atoms with Gasteiger partial charge in [0.15, 0.2) is 0 Å². The number of halogens is 1. The lowest BCUT2D eigenvalue weighted by atomic mass is 9.54. The van der Waals surface area contributed by atoms with E-state index in [9.17, 15) is 0 Å². The summed E-state index contributed by atoms with van der Waals surface area (Å²) in [7, 11) is 1.67. The summed E-state index contributed by atoms with van der Waals surface area (Å²) in [5.74, 6) is 1.56. The molecule has 4 heteroatoms. The average molecular weight is 336 g/mol. The van der Waals surface area contributed by atoms with Gasteiger partial charge in [0.2, 0.25) is 0 Å². The van der Waals surface area contributed by atoms with Gasteiger partial charge in [-0.05, 0) is 49.9 Å². The third kappa shape index (κ3) is 2.57. The zero-order valence-electron chi connectivity index (χ0n) is 13.8. The Kier molecular flexibility index (Phi) is 4.29. The van der Waals surface area contributed by atoms with Crippen molar-refractivity contribution in [2.45, 2.75) is 50.7 Å². The van der Waals surface area contributed by atoms with Gasteiger partial charge in [-0.2, -0.15) is 0 Å². The molecule has 4 rings (SSSR count). The lowest BCUT2D eigenvalue weighted by Crippen LogP contribution is -2.67. The summed E-state index contributed by atoms with van der Waals surface area (Å²) in [6.07, 6.45) is 8.15. The number of rotatable bonds is 5. The highest BCUT2D eigenvalue weighted by molar-refractivity contribution is 6.31. The van der Waals surface area contributed by atoms with E-state index in [0.717, 1.165) is 36.3 Å². The fourth-order valence-electron chi connectivity index (χ4n) is 5.23. The van der Waals surface area contributed by atoms with Crippen LogP contribution in [-0.4, -0.2) is 32.4 Å². The molecule has 0 radical (unpaired) electrons. The molecule has 1 saturated heterocycles. The summed E-state index contributed by atoms with van der Waals surface area (Å²) in [6, 6.07) is 6.62. The molecule has 1 spiro atoms. The van der Waals surface area contributed by atoms with Crippen molar-refractivity contribution in [1.82, 2.24) is 5.32 Å². The predicted octanol–water partition coefficient (Wildman–Crippen LogP) is 3.83. The number of ether oxygens (including phenoxy) is 2. The van der Waals surface area contributed by atoms with E-state index in [0.29, 0.717) is 17.6 Å². The second kappa shape index (κ2) is 6.27. The lowest BCUT2D eigenvalue weighted by molar-refractivity contribution is -0.130. The second-order valence-electron chi connectivity index (χ2n) is 7.32. The highest BCUT2D eigenvalue weighted by Crippen LogP contribution is 2.60. The van der Waals surface area contributed by atoms with Crippen molar-refractivity contribution in [1.29, 1.82) is 0 Å². The Hall–Kier alpha value is -0.770. The van der Waals surface area contributed by atoms with E-state index in [1.807, 2.05) is 12.1 Å². The van der Waals surface area contributed by atoms with Crippen molar-refractivity contribution in [3.63, 3.8) is 0 Å². The van der Waals surface area contributed by atoms with E-state index in [2.05, 4.69) is 11.4 Å². The largest absolute Gasteiger partial charge is 0.497 e. The average Bonchev–Trinajstić information content (AvgIpc) is 3.21. The van der Waals surface area contributed by atoms with Gasteiger partial charge < -0.3 is 14.8 Å². The second-order valence-corrected chi connectivity index (χ2v) is 7.73. The fraction of sp³-hybridized carbons (Fsp3) is 0.684. The molecule has 3 nitrogen and oxygen atoms in total. The van der Waals surface area contributed by atoms with Gasteiger partial charge in [0.25, 0.3) is 0 Å². The monoisotopic (exact) mass is 335 g/mol. The van der Waals surface area contributed by atoms with E-state index in [1.54, 1.807) is 7.11 Å². The van der Waals surface area contributed by atoms with Gasteiger partial charge in [-0.15, -0.1) is 0 Å². The quantitative estimate of drug-likeness (QED) is 0.887. The molecule has 3 atom stereocenters. The number of nitrogens with one attached hydrogen (secondary N) is 1. The standard InChI is InChI=1S/C19H26ClNO2/c1-22-14-5-4-13(16(20)12-14)6-10-21-17-15-7-11-23-18(15)19(17)8-2-3-9-19/h4-5,12,15,17-18,21H,2-3,6-11H2,1H3. The maximum Gasteiger partial charge on any atom is 0.120 e. The molecule has 2 saturated carbocycles. The molecule has 0 aromatic heterocycles. The van der Waals surface area contributed by atoms with Crippen LogP contribution in [0.15, 0.2) is 18.2 Å². The molecular weight excluding hydrogens is 310 g/mol. The van der Waals surface area contributed by atoms with Gasteiger partial charge in [0.1, 0.15) is 5.75 Å². The number of hydrogen-bond acceptors (Lipinski definition) is 3. The number of benzene rings is 1. The number of methoxy groups -OCH3 is 1. The molecule has 3 fully saturated rings. The molecule has 1 heterocycles. The van der Waals surface area contributed by atoms with Crippen molar-refractivity contribution in [3.8, 4) is 5.75 Å². The normalized spacial score (nSPS) is 31.1. The Balaban J connectivity index is 1.37. The first-order valence-electron chi connectivity index (χ1n) is 8.92. The molecule has 3 aliphatic rings. The summed E-state index contributed by atoms with van der Waals surface area (Å²) in [6.45, 7) is 1.95. The Bertz CT molecular complexity index is 570. The first kappa shape index (κ1) is 15.7. The molecule has 126 valence electrons. The van der Waals surface area contributed by atoms with Crippen molar-refractivity contribution in [2.24, 2.45) is 11.3 Å². The van der Waals surface area contributed by atoms with E-state index in [4.69, 9.17) is 21.1 Å². The number of fused-ring (bicyclic) bond motifs is 2. The van der Waals surface area contributed by atoms with Gasteiger partial charge >= 0.3 is 0 Å². The third-order valence-corrected chi connectivity index (χ3v) is 6.66. The Morgan fingerprint density at radius 2 is 2.17 bits per heavy atom. The fourth-order valence-corrected chi connectivity index (χ4v) is 5.49. The molecule has 1 aromatic carbocycles. The third-order valence-electron chi connectivity index (χ3n) is 6.30. The van der Waals surface area contributed by atoms with Crippen molar-refractivity contribution >= 4 is 11.6 Å². The van der Waals surface area contributed by atoms with Crippen LogP contribution in [0.3, 0.4) is 0 Å². The topological polar surface area (TPSA) is 30.5 Å². The maximum absolute atomic E-state index is 6.35. The van der Waals surface area contributed by atoms with Gasteiger partial charge in [-0.3, -0.25) is 0 Å². The zero-order valence-corrected chi connectivity index (χ0v) is 14.6. The predicted molar refractivity (Wildman–Crippen MR) is 92.2 cm³/mol. The van der Waals surface area contributed by atoms with Crippen molar-refractivity contribution in [2.75, 3.05) is 20.3 Å². The Morgan fingerprint density at radius 1 is 1.35 bits per heavy atom. The smallest absolute Gasteiger partial charge is 0.120 e. The highest BCUT2D eigenvalue weighted by atomic mass is 35.5. The first-order chi connectivity index (χ1) is 11.2. The molecule has 3 unspecified atom stereocenters. The molecular formula is C19H26ClNO2. The van der Waals surface area contributed by atoms with Crippen LogP contribution in [0.2, 0.25) is 5.02 Å². The maximum atomic E-state index is 6.35. The van der Waals surface area contributed by atoms with E-state index < -0.39 is 0 Å². The van der Waals surface area contributed by atoms with E-state index in [1.165, 1.54) is 37.7 Å². The Labute approximate surface area is 143 Å². The minimum atomic E-state index is 0.435. The van der Waals surface area contributed by atoms with E-state index in [-0.39, 0.29) is 0 Å². The van der Waals surface area contributed by atoms with Crippen molar-refractivity contribution < 1.29 is 9.47 Å². The molecule has 23 heavy (non-hydrogen) atoms. The van der Waals surface area contributed by atoms with Crippen LogP contribution in [-0.2, 0) is 11.2 Å². The lowest BCUT2D eigenvalue weighted by Gasteiger charge is -2.57. The van der Waals surface area contributed by atoms with Gasteiger partial charge in [0.05, 0.1) is 13.2 Å². The molecule has 1 N–H and O–H groups in total. The van der Waals surface area contributed by atoms with Gasteiger partial charge in [-0.25, -0.2) is 0 Å². The summed E-state index contributed by atoms with van der Waals surface area (Å²) >= 11 is 6.35. The van der Waals surface area contributed by atoms with Gasteiger partial charge in [0, 0.05) is 29.0 Å². The van der Waals surface area contributed by atoms with Crippen LogP contribution in [0.5, 0.6) is 5.75 Å². The summed E-state index contributed by atoms with van der Waals surface area (Å²) in [5, 5.41) is 4.66. The summed E-state index contributed by atoms with van der Waals surface area (Å²) in [5.41, 5.74) is 1.63. The van der Waals surface area contributed by atoms with Crippen LogP contribution in [0.1, 0.15) is 37.7 Å². The van der Waals surface area contributed by atoms with Crippen LogP contribution < -0.4 is 10.1 Å². The summed E-state index contributed by atoms with van der Waals surface area (Å²) < 4.78 is 11.3. The first-order valence-corrected chi connectivity index (χ1v) is 9.30. The molecule has 0 amide bonds. The van der Waals surface area contributed by atoms with Crippen LogP contribution in [0.4, 0.5) is 0 Å².